The van der Waals surface area contributed by atoms with Gasteiger partial charge in [-0.1, -0.05) is 13.8 Å². The lowest BCUT2D eigenvalue weighted by Crippen LogP contribution is -2.51. The minimum absolute atomic E-state index is 0.0359. The Balaban J connectivity index is 2.13. The highest BCUT2D eigenvalue weighted by Gasteiger charge is 2.50. The summed E-state index contributed by atoms with van der Waals surface area (Å²) >= 11 is 0. The van der Waals surface area contributed by atoms with E-state index in [0.717, 1.165) is 32.6 Å². The van der Waals surface area contributed by atoms with Gasteiger partial charge >= 0.3 is 0 Å². The van der Waals surface area contributed by atoms with Crippen molar-refractivity contribution in [2.75, 3.05) is 39.9 Å². The molecule has 0 aromatic rings. The van der Waals surface area contributed by atoms with Crippen molar-refractivity contribution in [3.8, 4) is 0 Å². The molecule has 0 aromatic carbocycles. The number of hydrogen-bond donors (Lipinski definition) is 0. The first-order chi connectivity index (χ1) is 9.39. The van der Waals surface area contributed by atoms with E-state index in [1.54, 1.807) is 14.0 Å². The molecule has 0 aliphatic carbocycles. The Labute approximate surface area is 121 Å². The molecule has 2 fully saturated rings. The van der Waals surface area contributed by atoms with E-state index in [2.05, 4.69) is 0 Å². The highest BCUT2D eigenvalue weighted by atomic mass is 16.5. The van der Waals surface area contributed by atoms with Crippen molar-refractivity contribution in [2.45, 2.75) is 27.2 Å². The fourth-order valence-corrected chi connectivity index (χ4v) is 3.61. The van der Waals surface area contributed by atoms with Gasteiger partial charge in [-0.2, -0.15) is 0 Å². The molecule has 2 rings (SSSR count). The maximum absolute atomic E-state index is 12.2. The van der Waals surface area contributed by atoms with Crippen LogP contribution in [-0.2, 0) is 14.3 Å². The van der Waals surface area contributed by atoms with Gasteiger partial charge in [-0.15, -0.1) is 0 Å². The zero-order chi connectivity index (χ0) is 14.9. The van der Waals surface area contributed by atoms with Gasteiger partial charge in [-0.3, -0.25) is 9.59 Å². The standard InChI is InChI=1S/C15H26N2O3/c1-11(2)14(19)16-6-5-15(10-20-4)9-17(12(3)18)8-13(15)7-16/h11,13H,5-10H2,1-4H3. The second kappa shape index (κ2) is 5.72. The number of carbonyl (C=O) groups is 2. The van der Waals surface area contributed by atoms with E-state index in [4.69, 9.17) is 4.74 Å². The second-order valence-electron chi connectivity index (χ2n) is 6.58. The Morgan fingerprint density at radius 2 is 1.95 bits per heavy atom. The molecule has 2 amide bonds. The van der Waals surface area contributed by atoms with Crippen LogP contribution in [0.4, 0.5) is 0 Å². The van der Waals surface area contributed by atoms with Crippen LogP contribution in [0.2, 0.25) is 0 Å². The van der Waals surface area contributed by atoms with Crippen LogP contribution < -0.4 is 0 Å². The molecular formula is C15H26N2O3. The molecular weight excluding hydrogens is 256 g/mol. The van der Waals surface area contributed by atoms with Crippen molar-refractivity contribution in [3.63, 3.8) is 0 Å². The molecule has 0 N–H and O–H groups in total. The van der Waals surface area contributed by atoms with Gasteiger partial charge in [-0.05, 0) is 6.42 Å². The maximum atomic E-state index is 12.2. The van der Waals surface area contributed by atoms with Crippen LogP contribution in [0.25, 0.3) is 0 Å². The number of rotatable bonds is 3. The molecule has 20 heavy (non-hydrogen) atoms. The first kappa shape index (κ1) is 15.3. The quantitative estimate of drug-likeness (QED) is 0.775. The molecule has 0 bridgehead atoms. The molecule has 2 aliphatic heterocycles. The summed E-state index contributed by atoms with van der Waals surface area (Å²) in [5.74, 6) is 0.715. The van der Waals surface area contributed by atoms with Crippen LogP contribution in [0, 0.1) is 17.3 Å². The normalized spacial score (nSPS) is 29.8. The molecule has 2 aliphatic rings. The number of ether oxygens (including phenoxy) is 1. The molecule has 2 saturated heterocycles. The van der Waals surface area contributed by atoms with Gasteiger partial charge in [0.2, 0.25) is 11.8 Å². The van der Waals surface area contributed by atoms with Crippen LogP contribution >= 0.6 is 0 Å². The molecule has 114 valence electrons. The van der Waals surface area contributed by atoms with Crippen LogP contribution in [0.15, 0.2) is 0 Å². The van der Waals surface area contributed by atoms with Crippen molar-refractivity contribution in [2.24, 2.45) is 17.3 Å². The summed E-state index contributed by atoms with van der Waals surface area (Å²) in [5.41, 5.74) is 0.0359. The zero-order valence-electron chi connectivity index (χ0n) is 13.0. The topological polar surface area (TPSA) is 49.9 Å². The zero-order valence-corrected chi connectivity index (χ0v) is 13.0. The first-order valence-corrected chi connectivity index (χ1v) is 7.43. The summed E-state index contributed by atoms with van der Waals surface area (Å²) in [6, 6.07) is 0. The molecule has 5 heteroatoms. The Morgan fingerprint density at radius 3 is 2.50 bits per heavy atom. The molecule has 0 spiro atoms. The smallest absolute Gasteiger partial charge is 0.225 e. The summed E-state index contributed by atoms with van der Waals surface area (Å²) in [6.45, 7) is 9.23. The van der Waals surface area contributed by atoms with E-state index in [0.29, 0.717) is 12.5 Å². The van der Waals surface area contributed by atoms with Crippen LogP contribution in [0.5, 0.6) is 0 Å². The van der Waals surface area contributed by atoms with Gasteiger partial charge in [0, 0.05) is 57.5 Å². The fourth-order valence-electron chi connectivity index (χ4n) is 3.61. The average Bonchev–Trinajstić information content (AvgIpc) is 2.76. The van der Waals surface area contributed by atoms with Crippen molar-refractivity contribution < 1.29 is 14.3 Å². The predicted octanol–water partition coefficient (Wildman–Crippen LogP) is 0.986. The average molecular weight is 282 g/mol. The lowest BCUT2D eigenvalue weighted by molar-refractivity contribution is -0.139. The molecule has 2 atom stereocenters. The molecule has 2 heterocycles. The molecule has 0 saturated carbocycles. The number of likely N-dealkylation sites (tertiary alicyclic amines) is 2. The Morgan fingerprint density at radius 1 is 1.30 bits per heavy atom. The van der Waals surface area contributed by atoms with Crippen molar-refractivity contribution >= 4 is 11.8 Å². The van der Waals surface area contributed by atoms with E-state index < -0.39 is 0 Å². The highest BCUT2D eigenvalue weighted by molar-refractivity contribution is 5.78. The summed E-state index contributed by atoms with van der Waals surface area (Å²) < 4.78 is 5.42. The van der Waals surface area contributed by atoms with Gasteiger partial charge in [-0.25, -0.2) is 0 Å². The summed E-state index contributed by atoms with van der Waals surface area (Å²) in [4.78, 5) is 27.7. The second-order valence-corrected chi connectivity index (χ2v) is 6.58. The van der Waals surface area contributed by atoms with E-state index in [1.807, 2.05) is 23.6 Å². The summed E-state index contributed by atoms with van der Waals surface area (Å²) in [7, 11) is 1.72. The van der Waals surface area contributed by atoms with Gasteiger partial charge in [0.1, 0.15) is 0 Å². The van der Waals surface area contributed by atoms with Crippen molar-refractivity contribution in [3.05, 3.63) is 0 Å². The minimum Gasteiger partial charge on any atom is -0.384 e. The number of hydrogen-bond acceptors (Lipinski definition) is 3. The van der Waals surface area contributed by atoms with Gasteiger partial charge in [0.15, 0.2) is 0 Å². The Hall–Kier alpha value is -1.10. The van der Waals surface area contributed by atoms with E-state index >= 15 is 0 Å². The van der Waals surface area contributed by atoms with E-state index in [9.17, 15) is 9.59 Å². The van der Waals surface area contributed by atoms with Crippen LogP contribution in [0.1, 0.15) is 27.2 Å². The largest absolute Gasteiger partial charge is 0.384 e. The fraction of sp³-hybridized carbons (Fsp3) is 0.867. The summed E-state index contributed by atoms with van der Waals surface area (Å²) in [5, 5.41) is 0. The van der Waals surface area contributed by atoms with Crippen LogP contribution in [0.3, 0.4) is 0 Å². The minimum atomic E-state index is 0.0359. The third-order valence-electron chi connectivity index (χ3n) is 4.82. The Kier molecular flexibility index (Phi) is 4.37. The number of piperidine rings is 1. The number of nitrogens with zero attached hydrogens (tertiary/aromatic N) is 2. The monoisotopic (exact) mass is 282 g/mol. The molecule has 0 radical (unpaired) electrons. The molecule has 2 unspecified atom stereocenters. The lowest BCUT2D eigenvalue weighted by atomic mass is 9.73. The predicted molar refractivity (Wildman–Crippen MR) is 76.1 cm³/mol. The van der Waals surface area contributed by atoms with Crippen molar-refractivity contribution in [1.82, 2.24) is 9.80 Å². The van der Waals surface area contributed by atoms with Gasteiger partial charge in [0.05, 0.1) is 6.61 Å². The third kappa shape index (κ3) is 2.68. The first-order valence-electron chi connectivity index (χ1n) is 7.43. The number of methoxy groups -OCH3 is 1. The van der Waals surface area contributed by atoms with Crippen molar-refractivity contribution in [1.29, 1.82) is 0 Å². The summed E-state index contributed by atoms with van der Waals surface area (Å²) in [6.07, 6.45) is 0.924. The van der Waals surface area contributed by atoms with Gasteiger partial charge < -0.3 is 14.5 Å². The number of carbonyl (C=O) groups excluding carboxylic acids is 2. The number of fused-ring (bicyclic) bond motifs is 1. The van der Waals surface area contributed by atoms with E-state index in [-0.39, 0.29) is 23.1 Å². The van der Waals surface area contributed by atoms with Crippen LogP contribution in [-0.4, -0.2) is 61.5 Å². The molecule has 5 nitrogen and oxygen atoms in total. The molecule has 0 aromatic heterocycles. The Bertz CT molecular complexity index is 397. The highest BCUT2D eigenvalue weighted by Crippen LogP contribution is 2.43. The third-order valence-corrected chi connectivity index (χ3v) is 4.82. The van der Waals surface area contributed by atoms with Gasteiger partial charge in [0.25, 0.3) is 0 Å². The number of amides is 2. The van der Waals surface area contributed by atoms with E-state index in [1.165, 1.54) is 0 Å². The maximum Gasteiger partial charge on any atom is 0.225 e. The SMILES string of the molecule is COCC12CCN(C(=O)C(C)C)CC1CN(C(C)=O)C2. The lowest BCUT2D eigenvalue weighted by Gasteiger charge is -2.43.